The predicted molar refractivity (Wildman–Crippen MR) is 62.7 cm³/mol. The van der Waals surface area contributed by atoms with E-state index in [0.29, 0.717) is 11.3 Å². The minimum atomic E-state index is -3.10. The zero-order chi connectivity index (χ0) is 11.3. The van der Waals surface area contributed by atoms with Crippen molar-refractivity contribution in [3.63, 3.8) is 0 Å². The first kappa shape index (κ1) is 12.0. The molecule has 82 valence electrons. The average Bonchev–Trinajstić information content (AvgIpc) is 2.18. The van der Waals surface area contributed by atoms with Crippen LogP contribution in [0.2, 0.25) is 0 Å². The van der Waals surface area contributed by atoms with Gasteiger partial charge in [-0.1, -0.05) is 23.8 Å². The molecule has 0 fully saturated rings. The van der Waals surface area contributed by atoms with E-state index in [2.05, 4.69) is 6.58 Å². The number of rotatable bonds is 5. The molecule has 0 N–H and O–H groups in total. The van der Waals surface area contributed by atoms with Crippen molar-refractivity contribution in [2.45, 2.75) is 24.7 Å². The van der Waals surface area contributed by atoms with Gasteiger partial charge in [0.25, 0.3) is 0 Å². The molecule has 0 saturated heterocycles. The Labute approximate surface area is 91.6 Å². The third-order valence-corrected chi connectivity index (χ3v) is 4.02. The number of aryl methyl sites for hydroxylation is 1. The molecule has 2 nitrogen and oxygen atoms in total. The van der Waals surface area contributed by atoms with Crippen molar-refractivity contribution in [3.05, 3.63) is 42.5 Å². The van der Waals surface area contributed by atoms with Crippen molar-refractivity contribution in [3.8, 4) is 0 Å². The summed E-state index contributed by atoms with van der Waals surface area (Å²) in [5.74, 6) is 0.197. The Morgan fingerprint density at radius 3 is 2.40 bits per heavy atom. The zero-order valence-corrected chi connectivity index (χ0v) is 9.76. The highest BCUT2D eigenvalue weighted by atomic mass is 32.2. The summed E-state index contributed by atoms with van der Waals surface area (Å²) in [5, 5.41) is 0. The predicted octanol–water partition coefficient (Wildman–Crippen LogP) is 2.73. The molecule has 0 aliphatic carbocycles. The molecule has 0 aliphatic heterocycles. The van der Waals surface area contributed by atoms with Gasteiger partial charge in [0.05, 0.1) is 10.6 Å². The maximum Gasteiger partial charge on any atom is 0.178 e. The summed E-state index contributed by atoms with van der Waals surface area (Å²) in [6.45, 7) is 5.51. The molecular weight excluding hydrogens is 208 g/mol. The molecule has 15 heavy (non-hydrogen) atoms. The fraction of sp³-hybridized carbons (Fsp3) is 0.333. The monoisotopic (exact) mass is 224 g/mol. The zero-order valence-electron chi connectivity index (χ0n) is 8.94. The summed E-state index contributed by atoms with van der Waals surface area (Å²) < 4.78 is 23.6. The molecule has 0 unspecified atom stereocenters. The summed E-state index contributed by atoms with van der Waals surface area (Å²) in [6.07, 6.45) is 3.12. The lowest BCUT2D eigenvalue weighted by atomic mass is 10.2. The number of unbranched alkanes of at least 4 members (excludes halogenated alkanes) is 1. The van der Waals surface area contributed by atoms with Crippen LogP contribution >= 0.6 is 0 Å². The Hall–Kier alpha value is -1.09. The van der Waals surface area contributed by atoms with Crippen molar-refractivity contribution < 1.29 is 8.42 Å². The lowest BCUT2D eigenvalue weighted by molar-refractivity contribution is 0.593. The number of benzene rings is 1. The summed E-state index contributed by atoms with van der Waals surface area (Å²) in [7, 11) is -3.10. The molecule has 0 amide bonds. The van der Waals surface area contributed by atoms with Gasteiger partial charge < -0.3 is 0 Å². The van der Waals surface area contributed by atoms with Crippen LogP contribution in [0.5, 0.6) is 0 Å². The SMILES string of the molecule is C=CCCCS(=O)(=O)c1ccc(C)cc1. The highest BCUT2D eigenvalue weighted by molar-refractivity contribution is 7.91. The standard InChI is InChI=1S/C12H16O2S/c1-3-4-5-10-15(13,14)12-8-6-11(2)7-9-12/h3,6-9H,1,4-5,10H2,2H3. The van der Waals surface area contributed by atoms with Gasteiger partial charge in [-0.3, -0.25) is 0 Å². The molecule has 3 heteroatoms. The van der Waals surface area contributed by atoms with Crippen LogP contribution < -0.4 is 0 Å². The van der Waals surface area contributed by atoms with Crippen LogP contribution in [0.4, 0.5) is 0 Å². The van der Waals surface area contributed by atoms with Crippen molar-refractivity contribution in [2.75, 3.05) is 5.75 Å². The van der Waals surface area contributed by atoms with Gasteiger partial charge in [0, 0.05) is 0 Å². The number of hydrogen-bond acceptors (Lipinski definition) is 2. The first-order valence-corrected chi connectivity index (χ1v) is 6.62. The average molecular weight is 224 g/mol. The van der Waals surface area contributed by atoms with Crippen LogP contribution in [0.15, 0.2) is 41.8 Å². The van der Waals surface area contributed by atoms with Gasteiger partial charge in [0.1, 0.15) is 0 Å². The molecule has 0 spiro atoms. The van der Waals surface area contributed by atoms with Gasteiger partial charge >= 0.3 is 0 Å². The van der Waals surface area contributed by atoms with E-state index in [1.54, 1.807) is 18.2 Å². The third kappa shape index (κ3) is 3.51. The quantitative estimate of drug-likeness (QED) is 0.569. The van der Waals surface area contributed by atoms with Gasteiger partial charge in [-0.2, -0.15) is 0 Å². The van der Waals surface area contributed by atoms with Gasteiger partial charge in [0.2, 0.25) is 0 Å². The summed E-state index contributed by atoms with van der Waals surface area (Å²) in [5.41, 5.74) is 1.07. The van der Waals surface area contributed by atoms with Crippen LogP contribution in [0, 0.1) is 6.92 Å². The van der Waals surface area contributed by atoms with Gasteiger partial charge in [-0.25, -0.2) is 8.42 Å². The van der Waals surface area contributed by atoms with Gasteiger partial charge in [-0.15, -0.1) is 6.58 Å². The normalized spacial score (nSPS) is 11.3. The van der Waals surface area contributed by atoms with Crippen LogP contribution in [0.3, 0.4) is 0 Å². The Morgan fingerprint density at radius 2 is 1.87 bits per heavy atom. The van der Waals surface area contributed by atoms with E-state index in [1.807, 2.05) is 19.1 Å². The van der Waals surface area contributed by atoms with Crippen molar-refractivity contribution >= 4 is 9.84 Å². The fourth-order valence-electron chi connectivity index (χ4n) is 1.28. The second kappa shape index (κ2) is 5.12. The number of allylic oxidation sites excluding steroid dienone is 1. The van der Waals surface area contributed by atoms with E-state index in [1.165, 1.54) is 0 Å². The van der Waals surface area contributed by atoms with E-state index < -0.39 is 9.84 Å². The van der Waals surface area contributed by atoms with Crippen LogP contribution in [-0.4, -0.2) is 14.2 Å². The smallest absolute Gasteiger partial charge is 0.178 e. The number of sulfone groups is 1. The molecule has 0 aliphatic rings. The summed E-state index contributed by atoms with van der Waals surface area (Å²) in [6, 6.07) is 6.97. The Kier molecular flexibility index (Phi) is 4.09. The van der Waals surface area contributed by atoms with Crippen molar-refractivity contribution in [1.29, 1.82) is 0 Å². The van der Waals surface area contributed by atoms with E-state index in [-0.39, 0.29) is 5.75 Å². The molecule has 1 aromatic rings. The highest BCUT2D eigenvalue weighted by Crippen LogP contribution is 2.13. The summed E-state index contributed by atoms with van der Waals surface area (Å²) in [4.78, 5) is 0.414. The molecule has 1 rings (SSSR count). The molecule has 0 heterocycles. The topological polar surface area (TPSA) is 34.1 Å². The molecule has 0 radical (unpaired) electrons. The van der Waals surface area contributed by atoms with Gasteiger partial charge in [-0.05, 0) is 31.9 Å². The van der Waals surface area contributed by atoms with Crippen molar-refractivity contribution in [2.24, 2.45) is 0 Å². The lowest BCUT2D eigenvalue weighted by Gasteiger charge is -2.03. The third-order valence-electron chi connectivity index (χ3n) is 2.20. The molecule has 0 aromatic heterocycles. The Morgan fingerprint density at radius 1 is 1.27 bits per heavy atom. The second-order valence-corrected chi connectivity index (χ2v) is 5.67. The first-order chi connectivity index (χ1) is 7.06. The largest absolute Gasteiger partial charge is 0.224 e. The van der Waals surface area contributed by atoms with Crippen molar-refractivity contribution in [1.82, 2.24) is 0 Å². The van der Waals surface area contributed by atoms with E-state index in [0.717, 1.165) is 12.0 Å². The van der Waals surface area contributed by atoms with E-state index in [9.17, 15) is 8.42 Å². The highest BCUT2D eigenvalue weighted by Gasteiger charge is 2.12. The first-order valence-electron chi connectivity index (χ1n) is 4.96. The van der Waals surface area contributed by atoms with E-state index in [4.69, 9.17) is 0 Å². The Bertz CT molecular complexity index is 415. The van der Waals surface area contributed by atoms with Gasteiger partial charge in [0.15, 0.2) is 9.84 Å². The Balaban J connectivity index is 2.77. The second-order valence-electron chi connectivity index (χ2n) is 3.56. The maximum absolute atomic E-state index is 11.8. The van der Waals surface area contributed by atoms with Crippen LogP contribution in [0.25, 0.3) is 0 Å². The molecule has 0 saturated carbocycles. The molecule has 1 aromatic carbocycles. The minimum Gasteiger partial charge on any atom is -0.224 e. The fourth-order valence-corrected chi connectivity index (χ4v) is 2.61. The molecule has 0 atom stereocenters. The summed E-state index contributed by atoms with van der Waals surface area (Å²) >= 11 is 0. The van der Waals surface area contributed by atoms with Crippen LogP contribution in [-0.2, 0) is 9.84 Å². The number of hydrogen-bond donors (Lipinski definition) is 0. The van der Waals surface area contributed by atoms with E-state index >= 15 is 0 Å². The molecular formula is C12H16O2S. The lowest BCUT2D eigenvalue weighted by Crippen LogP contribution is -2.06. The minimum absolute atomic E-state index is 0.197. The van der Waals surface area contributed by atoms with Crippen LogP contribution in [0.1, 0.15) is 18.4 Å². The molecule has 0 bridgehead atoms. The maximum atomic E-state index is 11.8.